The van der Waals surface area contributed by atoms with E-state index in [2.05, 4.69) is 19.2 Å². The predicted molar refractivity (Wildman–Crippen MR) is 66.2 cm³/mol. The zero-order chi connectivity index (χ0) is 13.3. The highest BCUT2D eigenvalue weighted by Crippen LogP contribution is 2.42. The number of hydrogen-bond donors (Lipinski definition) is 1. The number of rotatable bonds is 4. The van der Waals surface area contributed by atoms with Crippen molar-refractivity contribution in [2.75, 3.05) is 7.11 Å². The monoisotopic (exact) mass is 255 g/mol. The lowest BCUT2D eigenvalue weighted by Gasteiger charge is -2.51. The quantitative estimate of drug-likeness (QED) is 0.893. The van der Waals surface area contributed by atoms with Crippen LogP contribution in [0.1, 0.15) is 25.8 Å². The highest BCUT2D eigenvalue weighted by molar-refractivity contribution is 5.19. The molecule has 0 aliphatic heterocycles. The standard InChI is InChI=1S/C14H19F2NO/c1-14(2)12(7-13(14)18-3)17-8-9-6-10(15)4-5-11(9)16/h4-6,12-13,17H,7-8H2,1-3H3. The van der Waals surface area contributed by atoms with Crippen LogP contribution in [-0.4, -0.2) is 19.3 Å². The highest BCUT2D eigenvalue weighted by atomic mass is 19.1. The van der Waals surface area contributed by atoms with E-state index in [-0.39, 0.29) is 23.4 Å². The van der Waals surface area contributed by atoms with Crippen LogP contribution < -0.4 is 5.32 Å². The van der Waals surface area contributed by atoms with Crippen molar-refractivity contribution in [1.29, 1.82) is 0 Å². The first kappa shape index (κ1) is 13.4. The van der Waals surface area contributed by atoms with Gasteiger partial charge in [0, 0.05) is 30.7 Å². The van der Waals surface area contributed by atoms with Crippen molar-refractivity contribution in [2.24, 2.45) is 5.41 Å². The van der Waals surface area contributed by atoms with E-state index in [1.807, 2.05) is 0 Å². The van der Waals surface area contributed by atoms with Crippen molar-refractivity contribution in [1.82, 2.24) is 5.32 Å². The Morgan fingerprint density at radius 1 is 1.39 bits per heavy atom. The van der Waals surface area contributed by atoms with Crippen LogP contribution in [0.3, 0.4) is 0 Å². The van der Waals surface area contributed by atoms with Gasteiger partial charge in [0.05, 0.1) is 6.10 Å². The van der Waals surface area contributed by atoms with Crippen LogP contribution in [0.4, 0.5) is 8.78 Å². The Morgan fingerprint density at radius 3 is 2.72 bits per heavy atom. The summed E-state index contributed by atoms with van der Waals surface area (Å²) in [6, 6.07) is 3.80. The van der Waals surface area contributed by atoms with Crippen molar-refractivity contribution < 1.29 is 13.5 Å². The molecule has 2 nitrogen and oxygen atoms in total. The van der Waals surface area contributed by atoms with Crippen LogP contribution in [0.15, 0.2) is 18.2 Å². The summed E-state index contributed by atoms with van der Waals surface area (Å²) in [6.45, 7) is 4.57. The van der Waals surface area contributed by atoms with Crippen LogP contribution in [0.25, 0.3) is 0 Å². The third kappa shape index (κ3) is 2.40. The minimum absolute atomic E-state index is 0.0263. The van der Waals surface area contributed by atoms with E-state index in [9.17, 15) is 8.78 Å². The fraction of sp³-hybridized carbons (Fsp3) is 0.571. The van der Waals surface area contributed by atoms with E-state index in [0.29, 0.717) is 12.1 Å². The Balaban J connectivity index is 1.95. The molecule has 1 aliphatic rings. The summed E-state index contributed by atoms with van der Waals surface area (Å²) >= 11 is 0. The van der Waals surface area contributed by atoms with Gasteiger partial charge in [-0.15, -0.1) is 0 Å². The van der Waals surface area contributed by atoms with Gasteiger partial charge in [-0.2, -0.15) is 0 Å². The van der Waals surface area contributed by atoms with Gasteiger partial charge >= 0.3 is 0 Å². The molecule has 0 saturated heterocycles. The van der Waals surface area contributed by atoms with E-state index >= 15 is 0 Å². The number of nitrogens with one attached hydrogen (secondary N) is 1. The Hall–Kier alpha value is -1.00. The molecule has 2 rings (SSSR count). The molecule has 100 valence electrons. The predicted octanol–water partition coefficient (Wildman–Crippen LogP) is 2.87. The molecule has 0 radical (unpaired) electrons. The molecule has 4 heteroatoms. The third-order valence-corrected chi connectivity index (χ3v) is 4.01. The minimum atomic E-state index is -0.407. The smallest absolute Gasteiger partial charge is 0.127 e. The Labute approximate surface area is 106 Å². The molecule has 1 aliphatic carbocycles. The van der Waals surface area contributed by atoms with Crippen molar-refractivity contribution in [3.8, 4) is 0 Å². The van der Waals surface area contributed by atoms with Gasteiger partial charge in [-0.05, 0) is 24.6 Å². The van der Waals surface area contributed by atoms with Crippen LogP contribution >= 0.6 is 0 Å². The van der Waals surface area contributed by atoms with E-state index in [1.54, 1.807) is 7.11 Å². The van der Waals surface area contributed by atoms with Crippen molar-refractivity contribution >= 4 is 0 Å². The lowest BCUT2D eigenvalue weighted by atomic mass is 9.64. The van der Waals surface area contributed by atoms with Crippen molar-refractivity contribution in [3.05, 3.63) is 35.4 Å². The maximum atomic E-state index is 13.4. The summed E-state index contributed by atoms with van der Waals surface area (Å²) in [5.74, 6) is -0.778. The maximum absolute atomic E-state index is 13.4. The van der Waals surface area contributed by atoms with Crippen LogP contribution in [0.5, 0.6) is 0 Å². The van der Waals surface area contributed by atoms with Gasteiger partial charge in [0.2, 0.25) is 0 Å². The summed E-state index contributed by atoms with van der Waals surface area (Å²) in [4.78, 5) is 0. The molecule has 18 heavy (non-hydrogen) atoms. The normalized spacial score (nSPS) is 25.8. The molecule has 1 N–H and O–H groups in total. The average molecular weight is 255 g/mol. The second kappa shape index (κ2) is 4.94. The van der Waals surface area contributed by atoms with Gasteiger partial charge in [-0.3, -0.25) is 0 Å². The lowest BCUT2D eigenvalue weighted by Crippen LogP contribution is -2.60. The molecule has 2 unspecified atom stereocenters. The van der Waals surface area contributed by atoms with Crippen molar-refractivity contribution in [2.45, 2.75) is 39.0 Å². The zero-order valence-corrected chi connectivity index (χ0v) is 11.0. The first-order chi connectivity index (χ1) is 8.45. The molecule has 0 amide bonds. The zero-order valence-electron chi connectivity index (χ0n) is 11.0. The minimum Gasteiger partial charge on any atom is -0.381 e. The van der Waals surface area contributed by atoms with Crippen LogP contribution in [0.2, 0.25) is 0 Å². The van der Waals surface area contributed by atoms with Gasteiger partial charge in [0.1, 0.15) is 11.6 Å². The summed E-state index contributed by atoms with van der Waals surface area (Å²) in [5.41, 5.74) is 0.394. The van der Waals surface area contributed by atoms with E-state index < -0.39 is 5.82 Å². The number of benzene rings is 1. The number of methoxy groups -OCH3 is 1. The molecule has 2 atom stereocenters. The fourth-order valence-corrected chi connectivity index (χ4v) is 2.54. The van der Waals surface area contributed by atoms with Gasteiger partial charge in [0.25, 0.3) is 0 Å². The second-order valence-corrected chi connectivity index (χ2v) is 5.45. The Kier molecular flexibility index (Phi) is 3.69. The molecule has 0 bridgehead atoms. The number of hydrogen-bond acceptors (Lipinski definition) is 2. The third-order valence-electron chi connectivity index (χ3n) is 4.01. The number of ether oxygens (including phenoxy) is 1. The Morgan fingerprint density at radius 2 is 2.11 bits per heavy atom. The largest absolute Gasteiger partial charge is 0.381 e. The summed E-state index contributed by atoms with van der Waals surface area (Å²) in [5, 5.41) is 3.27. The molecule has 1 aromatic rings. The maximum Gasteiger partial charge on any atom is 0.127 e. The molecule has 1 fully saturated rings. The molecular formula is C14H19F2NO. The molecule has 1 aromatic carbocycles. The topological polar surface area (TPSA) is 21.3 Å². The van der Waals surface area contributed by atoms with E-state index in [4.69, 9.17) is 4.74 Å². The molecule has 0 aromatic heterocycles. The van der Waals surface area contributed by atoms with Crippen LogP contribution in [0, 0.1) is 17.0 Å². The first-order valence-corrected chi connectivity index (χ1v) is 6.15. The second-order valence-electron chi connectivity index (χ2n) is 5.45. The Bertz CT molecular complexity index is 434. The van der Waals surface area contributed by atoms with Gasteiger partial charge in [0.15, 0.2) is 0 Å². The highest BCUT2D eigenvalue weighted by Gasteiger charge is 2.48. The summed E-state index contributed by atoms with van der Waals surface area (Å²) < 4.78 is 31.8. The molecule has 0 spiro atoms. The van der Waals surface area contributed by atoms with E-state index in [0.717, 1.165) is 18.6 Å². The summed E-state index contributed by atoms with van der Waals surface area (Å²) in [7, 11) is 1.70. The SMILES string of the molecule is COC1CC(NCc2cc(F)ccc2F)C1(C)C. The van der Waals surface area contributed by atoms with Crippen LogP contribution in [-0.2, 0) is 11.3 Å². The summed E-state index contributed by atoms with van der Waals surface area (Å²) in [6.07, 6.45) is 1.13. The molecule has 0 heterocycles. The van der Waals surface area contributed by atoms with E-state index in [1.165, 1.54) is 6.07 Å². The number of halogens is 2. The van der Waals surface area contributed by atoms with Gasteiger partial charge in [-0.25, -0.2) is 8.78 Å². The first-order valence-electron chi connectivity index (χ1n) is 6.15. The van der Waals surface area contributed by atoms with Crippen molar-refractivity contribution in [3.63, 3.8) is 0 Å². The molecular weight excluding hydrogens is 236 g/mol. The average Bonchev–Trinajstić information content (AvgIpc) is 2.32. The lowest BCUT2D eigenvalue weighted by molar-refractivity contribution is -0.0979. The van der Waals surface area contributed by atoms with Gasteiger partial charge < -0.3 is 10.1 Å². The fourth-order valence-electron chi connectivity index (χ4n) is 2.54. The molecule has 1 saturated carbocycles. The van der Waals surface area contributed by atoms with Gasteiger partial charge in [-0.1, -0.05) is 13.8 Å².